The lowest BCUT2D eigenvalue weighted by molar-refractivity contribution is -0.0498. The predicted molar refractivity (Wildman–Crippen MR) is 79.4 cm³/mol. The Bertz CT molecular complexity index is 810. The van der Waals surface area contributed by atoms with Crippen LogP contribution in [0, 0.1) is 11.3 Å². The van der Waals surface area contributed by atoms with Gasteiger partial charge in [-0.25, -0.2) is 0 Å². The summed E-state index contributed by atoms with van der Waals surface area (Å²) in [5, 5.41) is 9.01. The van der Waals surface area contributed by atoms with E-state index in [-0.39, 0.29) is 28.2 Å². The molecule has 0 N–H and O–H groups in total. The van der Waals surface area contributed by atoms with Crippen LogP contribution in [-0.4, -0.2) is 25.3 Å². The molecule has 0 amide bonds. The van der Waals surface area contributed by atoms with Crippen molar-refractivity contribution in [2.24, 2.45) is 0 Å². The number of hydrogen-bond acceptors (Lipinski definition) is 5. The molecule has 0 aliphatic carbocycles. The van der Waals surface area contributed by atoms with E-state index in [2.05, 4.69) is 4.74 Å². The Hall–Kier alpha value is -3.27. The number of alkyl halides is 2. The van der Waals surface area contributed by atoms with Crippen LogP contribution in [0.1, 0.15) is 26.3 Å². The zero-order valence-electron chi connectivity index (χ0n) is 12.5. The Morgan fingerprint density at radius 1 is 1.04 bits per heavy atom. The van der Waals surface area contributed by atoms with Crippen LogP contribution < -0.4 is 9.47 Å². The molecule has 0 atom stereocenters. The molecular formula is C17H11F2NO4. The van der Waals surface area contributed by atoms with Crippen molar-refractivity contribution >= 4 is 11.6 Å². The van der Waals surface area contributed by atoms with Crippen LogP contribution in [0.15, 0.2) is 42.5 Å². The molecule has 2 rings (SSSR count). The number of nitrogens with zero attached hydrogens (tertiary/aromatic N) is 1. The molecular weight excluding hydrogens is 320 g/mol. The third-order valence-electron chi connectivity index (χ3n) is 3.13. The van der Waals surface area contributed by atoms with Crippen molar-refractivity contribution in [1.29, 1.82) is 5.26 Å². The third-order valence-corrected chi connectivity index (χ3v) is 3.13. The molecule has 0 bridgehead atoms. The van der Waals surface area contributed by atoms with E-state index >= 15 is 0 Å². The van der Waals surface area contributed by atoms with Crippen LogP contribution in [0.3, 0.4) is 0 Å². The number of ketones is 2. The average Bonchev–Trinajstić information content (AvgIpc) is 2.60. The number of methoxy groups -OCH3 is 1. The molecule has 7 heteroatoms. The average molecular weight is 331 g/mol. The molecule has 5 nitrogen and oxygen atoms in total. The van der Waals surface area contributed by atoms with E-state index in [4.69, 9.17) is 10.00 Å². The molecule has 2 aromatic rings. The molecule has 24 heavy (non-hydrogen) atoms. The van der Waals surface area contributed by atoms with Crippen LogP contribution in [0.4, 0.5) is 8.78 Å². The number of halogens is 2. The van der Waals surface area contributed by atoms with Gasteiger partial charge in [0.05, 0.1) is 12.7 Å². The summed E-state index contributed by atoms with van der Waals surface area (Å²) in [6, 6.07) is 10.7. The molecule has 0 aliphatic rings. The third kappa shape index (κ3) is 3.73. The highest BCUT2D eigenvalue weighted by Gasteiger charge is 2.20. The first kappa shape index (κ1) is 17.1. The summed E-state index contributed by atoms with van der Waals surface area (Å²) in [6.07, 6.45) is 0. The molecule has 0 spiro atoms. The van der Waals surface area contributed by atoms with Gasteiger partial charge in [-0.1, -0.05) is 0 Å². The molecule has 0 heterocycles. The summed E-state index contributed by atoms with van der Waals surface area (Å²) >= 11 is 0. The van der Waals surface area contributed by atoms with Gasteiger partial charge in [-0.2, -0.15) is 14.0 Å². The number of ether oxygens (including phenoxy) is 2. The monoisotopic (exact) mass is 331 g/mol. The van der Waals surface area contributed by atoms with Gasteiger partial charge in [0.2, 0.25) is 11.6 Å². The highest BCUT2D eigenvalue weighted by atomic mass is 19.3. The zero-order chi connectivity index (χ0) is 17.7. The summed E-state index contributed by atoms with van der Waals surface area (Å²) in [5.41, 5.74) is 0.179. The summed E-state index contributed by atoms with van der Waals surface area (Å²) in [4.78, 5) is 24.4. The van der Waals surface area contributed by atoms with Crippen molar-refractivity contribution in [2.45, 2.75) is 6.61 Å². The molecule has 0 aromatic heterocycles. The molecule has 122 valence electrons. The number of carbonyl (C=O) groups is 2. The van der Waals surface area contributed by atoms with Gasteiger partial charge >= 0.3 is 6.61 Å². The van der Waals surface area contributed by atoms with Gasteiger partial charge in [0.15, 0.2) is 0 Å². The Morgan fingerprint density at radius 2 is 1.62 bits per heavy atom. The molecule has 0 aliphatic heterocycles. The van der Waals surface area contributed by atoms with E-state index in [1.165, 1.54) is 49.6 Å². The quantitative estimate of drug-likeness (QED) is 0.600. The fourth-order valence-electron chi connectivity index (χ4n) is 1.99. The summed E-state index contributed by atoms with van der Waals surface area (Å²) in [6.45, 7) is -2.98. The highest BCUT2D eigenvalue weighted by molar-refractivity contribution is 6.49. The van der Waals surface area contributed by atoms with Gasteiger partial charge < -0.3 is 9.47 Å². The van der Waals surface area contributed by atoms with Gasteiger partial charge in [-0.3, -0.25) is 9.59 Å². The lowest BCUT2D eigenvalue weighted by Crippen LogP contribution is -2.14. The second-order valence-electron chi connectivity index (χ2n) is 4.59. The lowest BCUT2D eigenvalue weighted by Gasteiger charge is -2.06. The number of hydrogen-bond donors (Lipinski definition) is 0. The Morgan fingerprint density at radius 3 is 2.17 bits per heavy atom. The Kier molecular flexibility index (Phi) is 5.22. The lowest BCUT2D eigenvalue weighted by atomic mass is 10.00. The van der Waals surface area contributed by atoms with Gasteiger partial charge in [0.1, 0.15) is 17.6 Å². The van der Waals surface area contributed by atoms with Crippen molar-refractivity contribution in [2.75, 3.05) is 7.11 Å². The maximum atomic E-state index is 12.2. The van der Waals surface area contributed by atoms with E-state index in [1.807, 2.05) is 6.07 Å². The molecule has 0 fully saturated rings. The largest absolute Gasteiger partial charge is 0.495 e. The van der Waals surface area contributed by atoms with Crippen molar-refractivity contribution in [1.82, 2.24) is 0 Å². The fraction of sp³-hybridized carbons (Fsp3) is 0.118. The first-order valence-corrected chi connectivity index (χ1v) is 6.68. The SMILES string of the molecule is COc1ccc(C(=O)C(=O)c2ccc(OC(F)F)cc2)cc1C#N. The van der Waals surface area contributed by atoms with Crippen LogP contribution in [-0.2, 0) is 0 Å². The second-order valence-corrected chi connectivity index (χ2v) is 4.59. The van der Waals surface area contributed by atoms with Crippen molar-refractivity contribution in [3.63, 3.8) is 0 Å². The predicted octanol–water partition coefficient (Wildman–Crippen LogP) is 3.23. The number of carbonyl (C=O) groups excluding carboxylic acids is 2. The minimum absolute atomic E-state index is 0.0240. The van der Waals surface area contributed by atoms with E-state index in [0.29, 0.717) is 0 Å². The number of rotatable bonds is 6. The highest BCUT2D eigenvalue weighted by Crippen LogP contribution is 2.21. The van der Waals surface area contributed by atoms with Crippen LogP contribution in [0.25, 0.3) is 0 Å². The summed E-state index contributed by atoms with van der Waals surface area (Å²) in [5.74, 6) is -1.48. The van der Waals surface area contributed by atoms with E-state index in [0.717, 1.165) is 0 Å². The van der Waals surface area contributed by atoms with Crippen LogP contribution in [0.2, 0.25) is 0 Å². The second kappa shape index (κ2) is 7.33. The molecule has 0 unspecified atom stereocenters. The molecule has 0 saturated heterocycles. The van der Waals surface area contributed by atoms with Crippen LogP contribution >= 0.6 is 0 Å². The fourth-order valence-corrected chi connectivity index (χ4v) is 1.99. The summed E-state index contributed by atoms with van der Waals surface area (Å²) in [7, 11) is 1.38. The topological polar surface area (TPSA) is 76.4 Å². The number of Topliss-reactive ketones (excluding diaryl/α,β-unsaturated/α-hetero) is 2. The standard InChI is InChI=1S/C17H11F2NO4/c1-23-14-7-4-11(8-12(14)9-20)16(22)15(21)10-2-5-13(6-3-10)24-17(18)19/h2-8,17H,1H3. The number of nitriles is 1. The molecule has 0 radical (unpaired) electrons. The number of benzene rings is 2. The van der Waals surface area contributed by atoms with Crippen LogP contribution in [0.5, 0.6) is 11.5 Å². The van der Waals surface area contributed by atoms with E-state index < -0.39 is 18.2 Å². The minimum atomic E-state index is -2.98. The first-order chi connectivity index (χ1) is 11.5. The zero-order valence-corrected chi connectivity index (χ0v) is 12.5. The molecule has 2 aromatic carbocycles. The molecule has 0 saturated carbocycles. The van der Waals surface area contributed by atoms with Gasteiger partial charge in [-0.05, 0) is 42.5 Å². The Labute approximate surface area is 136 Å². The van der Waals surface area contributed by atoms with E-state index in [1.54, 1.807) is 0 Å². The van der Waals surface area contributed by atoms with Gasteiger partial charge in [0, 0.05) is 11.1 Å². The smallest absolute Gasteiger partial charge is 0.387 e. The van der Waals surface area contributed by atoms with E-state index in [9.17, 15) is 18.4 Å². The summed E-state index contributed by atoms with van der Waals surface area (Å²) < 4.78 is 33.3. The van der Waals surface area contributed by atoms with Crippen molar-refractivity contribution < 1.29 is 27.8 Å². The van der Waals surface area contributed by atoms with Crippen molar-refractivity contribution in [3.8, 4) is 17.6 Å². The Balaban J connectivity index is 2.23. The van der Waals surface area contributed by atoms with Gasteiger partial charge in [0.25, 0.3) is 0 Å². The normalized spacial score (nSPS) is 10.1. The minimum Gasteiger partial charge on any atom is -0.495 e. The van der Waals surface area contributed by atoms with Crippen molar-refractivity contribution in [3.05, 3.63) is 59.2 Å². The maximum Gasteiger partial charge on any atom is 0.387 e. The van der Waals surface area contributed by atoms with Gasteiger partial charge in [-0.15, -0.1) is 0 Å². The first-order valence-electron chi connectivity index (χ1n) is 6.68. The maximum absolute atomic E-state index is 12.2.